The van der Waals surface area contributed by atoms with Gasteiger partial charge in [-0.05, 0) is 53.4 Å². The summed E-state index contributed by atoms with van der Waals surface area (Å²) in [4.78, 5) is 23.2. The van der Waals surface area contributed by atoms with E-state index in [2.05, 4.69) is 15.9 Å². The van der Waals surface area contributed by atoms with Crippen LogP contribution < -0.4 is 4.52 Å². The number of hydrogen-bond acceptors (Lipinski definition) is 4. The van der Waals surface area contributed by atoms with Crippen LogP contribution in [0.3, 0.4) is 0 Å². The third kappa shape index (κ3) is 4.06. The van der Waals surface area contributed by atoms with Gasteiger partial charge in [0.1, 0.15) is 5.75 Å². The van der Waals surface area contributed by atoms with Crippen LogP contribution in [0, 0.1) is 0 Å². The molecular weight excluding hydrogens is 415 g/mol. The van der Waals surface area contributed by atoms with Crippen LogP contribution in [0.25, 0.3) is 0 Å². The van der Waals surface area contributed by atoms with E-state index in [0.717, 1.165) is 21.4 Å². The third-order valence-corrected chi connectivity index (χ3v) is 7.74. The maximum Gasteiger partial charge on any atom is 0.299 e. The molecule has 0 saturated carbocycles. The van der Waals surface area contributed by atoms with Crippen molar-refractivity contribution < 1.29 is 14.2 Å². The summed E-state index contributed by atoms with van der Waals surface area (Å²) >= 11 is 9.88. The van der Waals surface area contributed by atoms with Crippen molar-refractivity contribution in [1.82, 2.24) is 0 Å². The molecule has 0 spiro atoms. The summed E-state index contributed by atoms with van der Waals surface area (Å²) in [6.07, 6.45) is 1.13. The first kappa shape index (κ1) is 17.2. The van der Waals surface area contributed by atoms with Crippen molar-refractivity contribution in [2.75, 3.05) is 0 Å². The minimum Gasteiger partial charge on any atom is -0.436 e. The quantitative estimate of drug-likeness (QED) is 0.530. The molecule has 23 heavy (non-hydrogen) atoms. The van der Waals surface area contributed by atoms with Gasteiger partial charge in [0.2, 0.25) is 0 Å². The van der Waals surface area contributed by atoms with Gasteiger partial charge in [-0.25, -0.2) is 0 Å². The molecule has 0 saturated heterocycles. The van der Waals surface area contributed by atoms with E-state index >= 15 is 0 Å². The molecule has 3 rings (SSSR count). The van der Waals surface area contributed by atoms with Gasteiger partial charge in [-0.3, -0.25) is 4.79 Å². The second-order valence-electron chi connectivity index (χ2n) is 5.14. The molecule has 0 radical (unpaired) electrons. The predicted octanol–water partition coefficient (Wildman–Crippen LogP) is 5.10. The van der Waals surface area contributed by atoms with E-state index in [1.54, 1.807) is 18.2 Å². The van der Waals surface area contributed by atoms with Gasteiger partial charge in [0, 0.05) is 27.8 Å². The lowest BCUT2D eigenvalue weighted by Gasteiger charge is -2.18. The van der Waals surface area contributed by atoms with Gasteiger partial charge >= 0.3 is 0 Å². The zero-order chi connectivity index (χ0) is 16.4. The fraction of sp³-hybridized carbons (Fsp3) is 0.188. The van der Waals surface area contributed by atoms with Crippen molar-refractivity contribution in [3.05, 3.63) is 59.2 Å². The molecule has 1 unspecified atom stereocenters. The van der Waals surface area contributed by atoms with Crippen LogP contribution >= 0.6 is 33.0 Å². The minimum absolute atomic E-state index is 0.120. The molecule has 2 aromatic carbocycles. The predicted molar refractivity (Wildman–Crippen MR) is 101 cm³/mol. The number of benzene rings is 2. The smallest absolute Gasteiger partial charge is 0.299 e. The standard InChI is InChI=1S/C16H14BrO3PS2/c17-10-11-3-1-4-12(9-11)23-21(19,22)20-16-6-2-5-13-14(16)7-8-15(13)18/h1-6,9H,7-8,10H2,(H,19,22). The van der Waals surface area contributed by atoms with Gasteiger partial charge in [0.15, 0.2) is 5.78 Å². The van der Waals surface area contributed by atoms with E-state index < -0.39 is 5.69 Å². The summed E-state index contributed by atoms with van der Waals surface area (Å²) in [7, 11) is 0. The van der Waals surface area contributed by atoms with Crippen LogP contribution in [-0.4, -0.2) is 10.7 Å². The summed E-state index contributed by atoms with van der Waals surface area (Å²) in [6, 6.07) is 13.1. The normalized spacial score (nSPS) is 16.0. The number of alkyl halides is 1. The summed E-state index contributed by atoms with van der Waals surface area (Å²) < 4.78 is 5.75. The second kappa shape index (κ2) is 7.08. The Morgan fingerprint density at radius 1 is 1.26 bits per heavy atom. The molecular formula is C16H14BrO3PS2. The van der Waals surface area contributed by atoms with E-state index in [0.29, 0.717) is 24.2 Å². The first-order chi connectivity index (χ1) is 11.0. The Morgan fingerprint density at radius 3 is 2.83 bits per heavy atom. The SMILES string of the molecule is O=C1CCc2c(OP(O)(=S)Sc3cccc(CBr)c3)cccc21. The highest BCUT2D eigenvalue weighted by atomic mass is 79.9. The van der Waals surface area contributed by atoms with Gasteiger partial charge in [-0.2, -0.15) is 0 Å². The number of halogens is 1. The molecule has 7 heteroatoms. The van der Waals surface area contributed by atoms with E-state index in [1.807, 2.05) is 24.3 Å². The maximum atomic E-state index is 11.8. The molecule has 0 heterocycles. The highest BCUT2D eigenvalue weighted by molar-refractivity contribution is 9.08. The van der Waals surface area contributed by atoms with Crippen LogP contribution in [0.15, 0.2) is 47.4 Å². The second-order valence-corrected chi connectivity index (χ2v) is 11.7. The minimum atomic E-state index is -3.10. The Labute approximate surface area is 152 Å². The van der Waals surface area contributed by atoms with Crippen LogP contribution in [0.5, 0.6) is 5.75 Å². The number of hydrogen-bond donors (Lipinski definition) is 1. The average Bonchev–Trinajstić information content (AvgIpc) is 2.89. The Morgan fingerprint density at radius 2 is 2.04 bits per heavy atom. The average molecular weight is 429 g/mol. The fourth-order valence-corrected chi connectivity index (χ4v) is 6.43. The lowest BCUT2D eigenvalue weighted by atomic mass is 10.1. The number of ketones is 1. The largest absolute Gasteiger partial charge is 0.436 e. The summed E-state index contributed by atoms with van der Waals surface area (Å²) in [5.74, 6) is 0.651. The molecule has 1 aliphatic rings. The van der Waals surface area contributed by atoms with Crippen molar-refractivity contribution in [2.45, 2.75) is 23.1 Å². The maximum absolute atomic E-state index is 11.8. The molecule has 1 atom stereocenters. The Balaban J connectivity index is 1.82. The molecule has 1 N–H and O–H groups in total. The highest BCUT2D eigenvalue weighted by Crippen LogP contribution is 2.59. The van der Waals surface area contributed by atoms with Gasteiger partial charge < -0.3 is 9.42 Å². The third-order valence-electron chi connectivity index (χ3n) is 3.52. The zero-order valence-electron chi connectivity index (χ0n) is 12.1. The summed E-state index contributed by atoms with van der Waals surface area (Å²) in [6.45, 7) is 0. The summed E-state index contributed by atoms with van der Waals surface area (Å²) in [5.41, 5.74) is -0.447. The fourth-order valence-electron chi connectivity index (χ4n) is 2.51. The van der Waals surface area contributed by atoms with Crippen molar-refractivity contribution in [3.63, 3.8) is 0 Å². The first-order valence-corrected chi connectivity index (χ1v) is 12.2. The van der Waals surface area contributed by atoms with Crippen LogP contribution in [0.1, 0.15) is 27.9 Å². The van der Waals surface area contributed by atoms with Gasteiger partial charge in [0.25, 0.3) is 5.69 Å². The van der Waals surface area contributed by atoms with E-state index in [9.17, 15) is 9.69 Å². The number of Topliss-reactive ketones (excluding diaryl/α,β-unsaturated/α-hetero) is 1. The highest BCUT2D eigenvalue weighted by Gasteiger charge is 2.26. The zero-order valence-corrected chi connectivity index (χ0v) is 16.2. The molecule has 1 aliphatic carbocycles. The molecule has 2 aromatic rings. The van der Waals surface area contributed by atoms with Crippen LogP contribution in [0.2, 0.25) is 0 Å². The van der Waals surface area contributed by atoms with Crippen molar-refractivity contribution in [1.29, 1.82) is 0 Å². The number of rotatable bonds is 5. The summed E-state index contributed by atoms with van der Waals surface area (Å²) in [5, 5.41) is 0.741. The molecule has 0 aromatic heterocycles. The van der Waals surface area contributed by atoms with E-state index in [1.165, 1.54) is 11.4 Å². The molecule has 120 valence electrons. The molecule has 0 aliphatic heterocycles. The molecule has 0 amide bonds. The Bertz CT molecular complexity index is 810. The van der Waals surface area contributed by atoms with E-state index in [-0.39, 0.29) is 5.78 Å². The molecule has 0 bridgehead atoms. The topological polar surface area (TPSA) is 46.5 Å². The van der Waals surface area contributed by atoms with E-state index in [4.69, 9.17) is 16.3 Å². The van der Waals surface area contributed by atoms with Gasteiger partial charge in [-0.1, -0.05) is 40.2 Å². The number of fused-ring (bicyclic) bond motifs is 1. The van der Waals surface area contributed by atoms with Crippen molar-refractivity contribution in [3.8, 4) is 5.75 Å². The monoisotopic (exact) mass is 428 g/mol. The lowest BCUT2D eigenvalue weighted by molar-refractivity contribution is 0.0994. The number of carbonyl (C=O) groups is 1. The first-order valence-electron chi connectivity index (χ1n) is 7.00. The molecule has 3 nitrogen and oxygen atoms in total. The van der Waals surface area contributed by atoms with Crippen LogP contribution in [0.4, 0.5) is 0 Å². The van der Waals surface area contributed by atoms with Crippen LogP contribution in [-0.2, 0) is 23.6 Å². The Kier molecular flexibility index (Phi) is 5.29. The number of carbonyl (C=O) groups excluding carboxylic acids is 1. The van der Waals surface area contributed by atoms with Gasteiger partial charge in [-0.15, -0.1) is 0 Å². The van der Waals surface area contributed by atoms with Gasteiger partial charge in [0.05, 0.1) is 0 Å². The molecule has 0 fully saturated rings. The van der Waals surface area contributed by atoms with Crippen molar-refractivity contribution in [2.24, 2.45) is 0 Å². The van der Waals surface area contributed by atoms with Crippen molar-refractivity contribution >= 4 is 50.6 Å². The Hall–Kier alpha value is -0.650. The lowest BCUT2D eigenvalue weighted by Crippen LogP contribution is -1.95.